The molecule has 146 valence electrons. The summed E-state index contributed by atoms with van der Waals surface area (Å²) in [6.45, 7) is 2.48. The standard InChI is InChI=1S/C17H22F3N7/c1-25-11-23-24-16(25)9-26-6-4-13(5-7-26)27(12-2-3-12)15-8-14(17(18,19)20)21-10-22-15/h8,10-13H,2-7,9H2,1H3. The van der Waals surface area contributed by atoms with E-state index in [2.05, 4.69) is 30.0 Å². The molecule has 10 heteroatoms. The normalized spacial score (nSPS) is 19.4. The van der Waals surface area contributed by atoms with Crippen molar-refractivity contribution in [2.75, 3.05) is 18.0 Å². The highest BCUT2D eigenvalue weighted by molar-refractivity contribution is 5.44. The van der Waals surface area contributed by atoms with Crippen molar-refractivity contribution < 1.29 is 13.2 Å². The van der Waals surface area contributed by atoms with E-state index in [0.29, 0.717) is 5.82 Å². The molecule has 0 N–H and O–H groups in total. The van der Waals surface area contributed by atoms with Crippen LogP contribution in [0.1, 0.15) is 37.2 Å². The van der Waals surface area contributed by atoms with E-state index in [1.807, 2.05) is 11.6 Å². The number of halogens is 3. The van der Waals surface area contributed by atoms with E-state index in [1.54, 1.807) is 6.33 Å². The topological polar surface area (TPSA) is 63.0 Å². The van der Waals surface area contributed by atoms with Gasteiger partial charge >= 0.3 is 6.18 Å². The molecule has 2 aromatic rings. The van der Waals surface area contributed by atoms with Gasteiger partial charge in [-0.3, -0.25) is 4.90 Å². The largest absolute Gasteiger partial charge is 0.433 e. The van der Waals surface area contributed by atoms with E-state index in [9.17, 15) is 13.2 Å². The number of alkyl halides is 3. The molecule has 7 nitrogen and oxygen atoms in total. The second kappa shape index (κ2) is 7.06. The van der Waals surface area contributed by atoms with Crippen LogP contribution in [0, 0.1) is 0 Å². The fraction of sp³-hybridized carbons (Fsp3) is 0.647. The van der Waals surface area contributed by atoms with Crippen LogP contribution in [0.2, 0.25) is 0 Å². The van der Waals surface area contributed by atoms with Crippen LogP contribution in [0.15, 0.2) is 18.7 Å². The van der Waals surface area contributed by atoms with Crippen LogP contribution in [-0.4, -0.2) is 54.8 Å². The lowest BCUT2D eigenvalue weighted by Crippen LogP contribution is -2.46. The molecule has 0 amide bonds. The van der Waals surface area contributed by atoms with Gasteiger partial charge in [-0.1, -0.05) is 0 Å². The van der Waals surface area contributed by atoms with Gasteiger partial charge in [-0.05, 0) is 25.7 Å². The maximum absolute atomic E-state index is 13.0. The van der Waals surface area contributed by atoms with Crippen molar-refractivity contribution in [3.8, 4) is 0 Å². The van der Waals surface area contributed by atoms with E-state index >= 15 is 0 Å². The molecule has 0 bridgehead atoms. The van der Waals surface area contributed by atoms with Gasteiger partial charge in [0.1, 0.15) is 30.0 Å². The van der Waals surface area contributed by atoms with Crippen LogP contribution in [-0.2, 0) is 19.8 Å². The number of piperidine rings is 1. The summed E-state index contributed by atoms with van der Waals surface area (Å²) < 4.78 is 41.0. The van der Waals surface area contributed by atoms with Gasteiger partial charge in [0, 0.05) is 38.3 Å². The quantitative estimate of drug-likeness (QED) is 0.792. The van der Waals surface area contributed by atoms with Crippen LogP contribution in [0.3, 0.4) is 0 Å². The Morgan fingerprint density at radius 2 is 1.81 bits per heavy atom. The van der Waals surface area contributed by atoms with Crippen molar-refractivity contribution in [3.05, 3.63) is 30.2 Å². The zero-order valence-corrected chi connectivity index (χ0v) is 15.1. The van der Waals surface area contributed by atoms with Gasteiger partial charge in [0.2, 0.25) is 0 Å². The van der Waals surface area contributed by atoms with Crippen molar-refractivity contribution >= 4 is 5.82 Å². The predicted octanol–water partition coefficient (Wildman–Crippen LogP) is 2.26. The highest BCUT2D eigenvalue weighted by Crippen LogP contribution is 2.37. The number of rotatable bonds is 5. The Morgan fingerprint density at radius 3 is 2.41 bits per heavy atom. The van der Waals surface area contributed by atoms with E-state index in [1.165, 1.54) is 0 Å². The molecule has 0 aromatic carbocycles. The first kappa shape index (κ1) is 18.1. The van der Waals surface area contributed by atoms with Gasteiger partial charge in [-0.25, -0.2) is 9.97 Å². The molecule has 2 aliphatic rings. The predicted molar refractivity (Wildman–Crippen MR) is 91.8 cm³/mol. The third-order valence-electron chi connectivity index (χ3n) is 5.27. The zero-order valence-electron chi connectivity index (χ0n) is 15.1. The monoisotopic (exact) mass is 381 g/mol. The Kier molecular flexibility index (Phi) is 4.75. The fourth-order valence-corrected chi connectivity index (χ4v) is 3.67. The zero-order chi connectivity index (χ0) is 19.0. The van der Waals surface area contributed by atoms with E-state index in [0.717, 1.165) is 63.5 Å². The number of nitrogens with zero attached hydrogens (tertiary/aromatic N) is 7. The maximum Gasteiger partial charge on any atom is 0.433 e. The van der Waals surface area contributed by atoms with Crippen molar-refractivity contribution in [3.63, 3.8) is 0 Å². The first-order chi connectivity index (χ1) is 12.9. The minimum atomic E-state index is -4.45. The summed E-state index contributed by atoms with van der Waals surface area (Å²) in [7, 11) is 1.92. The minimum absolute atomic E-state index is 0.198. The Hall–Kier alpha value is -2.23. The number of hydrogen-bond donors (Lipinski definition) is 0. The van der Waals surface area contributed by atoms with Crippen molar-refractivity contribution in [2.45, 2.75) is 50.5 Å². The summed E-state index contributed by atoms with van der Waals surface area (Å²) in [5.74, 6) is 1.31. The summed E-state index contributed by atoms with van der Waals surface area (Å²) in [6, 6.07) is 1.57. The second-order valence-corrected chi connectivity index (χ2v) is 7.26. The van der Waals surface area contributed by atoms with Crippen LogP contribution in [0.4, 0.5) is 19.0 Å². The summed E-state index contributed by atoms with van der Waals surface area (Å²) >= 11 is 0. The Morgan fingerprint density at radius 1 is 1.11 bits per heavy atom. The summed E-state index contributed by atoms with van der Waals surface area (Å²) in [5, 5.41) is 8.02. The number of anilines is 1. The van der Waals surface area contributed by atoms with Gasteiger partial charge < -0.3 is 9.47 Å². The SMILES string of the molecule is Cn1cnnc1CN1CCC(N(c2cc(C(F)(F)F)ncn2)C2CC2)CC1. The van der Waals surface area contributed by atoms with Gasteiger partial charge in [0.15, 0.2) is 0 Å². The maximum atomic E-state index is 13.0. The van der Waals surface area contributed by atoms with Crippen molar-refractivity contribution in [2.24, 2.45) is 7.05 Å². The number of aryl methyl sites for hydroxylation is 1. The molecule has 27 heavy (non-hydrogen) atoms. The van der Waals surface area contributed by atoms with E-state index in [4.69, 9.17) is 0 Å². The van der Waals surface area contributed by atoms with Gasteiger partial charge in [0.05, 0.1) is 6.54 Å². The smallest absolute Gasteiger partial charge is 0.350 e. The van der Waals surface area contributed by atoms with Gasteiger partial charge in [-0.2, -0.15) is 13.2 Å². The molecular formula is C17H22F3N7. The first-order valence-electron chi connectivity index (χ1n) is 9.14. The summed E-state index contributed by atoms with van der Waals surface area (Å²) in [4.78, 5) is 12.0. The van der Waals surface area contributed by atoms with Crippen molar-refractivity contribution in [1.82, 2.24) is 29.6 Å². The molecule has 2 fully saturated rings. The lowest BCUT2D eigenvalue weighted by Gasteiger charge is -2.39. The molecule has 0 atom stereocenters. The molecule has 0 radical (unpaired) electrons. The molecule has 1 aliphatic heterocycles. The minimum Gasteiger partial charge on any atom is -0.350 e. The third-order valence-corrected chi connectivity index (χ3v) is 5.27. The molecule has 1 saturated carbocycles. The number of aromatic nitrogens is 5. The first-order valence-corrected chi connectivity index (χ1v) is 9.14. The lowest BCUT2D eigenvalue weighted by molar-refractivity contribution is -0.141. The van der Waals surface area contributed by atoms with E-state index in [-0.39, 0.29) is 12.1 Å². The van der Waals surface area contributed by atoms with Crippen molar-refractivity contribution in [1.29, 1.82) is 0 Å². The number of hydrogen-bond acceptors (Lipinski definition) is 6. The summed E-state index contributed by atoms with van der Waals surface area (Å²) in [6.07, 6.45) is 2.04. The highest BCUT2D eigenvalue weighted by atomic mass is 19.4. The Balaban J connectivity index is 1.44. The summed E-state index contributed by atoms with van der Waals surface area (Å²) in [5.41, 5.74) is -0.877. The molecule has 1 saturated heterocycles. The fourth-order valence-electron chi connectivity index (χ4n) is 3.67. The van der Waals surface area contributed by atoms with Gasteiger partial charge in [0.25, 0.3) is 0 Å². The van der Waals surface area contributed by atoms with E-state index < -0.39 is 11.9 Å². The average Bonchev–Trinajstić information content (AvgIpc) is 3.39. The second-order valence-electron chi connectivity index (χ2n) is 7.26. The Bertz CT molecular complexity index is 779. The van der Waals surface area contributed by atoms with Crippen LogP contribution < -0.4 is 4.90 Å². The van der Waals surface area contributed by atoms with Gasteiger partial charge in [-0.15, -0.1) is 10.2 Å². The molecule has 3 heterocycles. The highest BCUT2D eigenvalue weighted by Gasteiger charge is 2.39. The third kappa shape index (κ3) is 4.05. The lowest BCUT2D eigenvalue weighted by atomic mass is 10.0. The molecule has 0 spiro atoms. The van der Waals surface area contributed by atoms with Crippen LogP contribution in [0.5, 0.6) is 0 Å². The molecule has 4 rings (SSSR count). The Labute approximate surface area is 155 Å². The molecule has 0 unspecified atom stereocenters. The van der Waals surface area contributed by atoms with Crippen LogP contribution in [0.25, 0.3) is 0 Å². The average molecular weight is 381 g/mol. The van der Waals surface area contributed by atoms with Crippen LogP contribution >= 0.6 is 0 Å². The number of likely N-dealkylation sites (tertiary alicyclic amines) is 1. The molecular weight excluding hydrogens is 359 g/mol. The molecule has 2 aromatic heterocycles. The molecule has 1 aliphatic carbocycles.